The first-order chi connectivity index (χ1) is 8.37. The fraction of sp³-hybridized carbons (Fsp3) is 0.929. The van der Waals surface area contributed by atoms with Crippen LogP contribution in [0.25, 0.3) is 0 Å². The molecule has 1 rings (SSSR count). The zero-order valence-corrected chi connectivity index (χ0v) is 12.2. The molecule has 0 aromatic rings. The lowest BCUT2D eigenvalue weighted by Gasteiger charge is -2.21. The van der Waals surface area contributed by atoms with Crippen LogP contribution in [0.2, 0.25) is 0 Å². The Labute approximate surface area is 111 Å². The van der Waals surface area contributed by atoms with Gasteiger partial charge in [-0.1, -0.05) is 12.8 Å². The van der Waals surface area contributed by atoms with Crippen molar-refractivity contribution in [1.82, 2.24) is 10.6 Å². The van der Waals surface area contributed by atoms with E-state index in [-0.39, 0.29) is 12.1 Å². The average Bonchev–Trinajstić information content (AvgIpc) is 3.03. The normalized spacial score (nSPS) is 17.3. The van der Waals surface area contributed by atoms with E-state index >= 15 is 0 Å². The van der Waals surface area contributed by atoms with Crippen molar-refractivity contribution >= 4 is 6.09 Å². The van der Waals surface area contributed by atoms with E-state index in [1.54, 1.807) is 0 Å². The fourth-order valence-electron chi connectivity index (χ4n) is 1.77. The molecule has 0 aliphatic heterocycles. The third kappa shape index (κ3) is 8.34. The van der Waals surface area contributed by atoms with Crippen molar-refractivity contribution in [2.75, 3.05) is 13.1 Å². The maximum absolute atomic E-state index is 11.4. The van der Waals surface area contributed by atoms with Crippen molar-refractivity contribution in [1.29, 1.82) is 0 Å². The third-order valence-electron chi connectivity index (χ3n) is 2.93. The van der Waals surface area contributed by atoms with Crippen LogP contribution < -0.4 is 10.6 Å². The van der Waals surface area contributed by atoms with Gasteiger partial charge >= 0.3 is 6.09 Å². The van der Waals surface area contributed by atoms with E-state index in [1.807, 2.05) is 20.8 Å². The lowest BCUT2D eigenvalue weighted by Crippen LogP contribution is -2.41. The monoisotopic (exact) mass is 256 g/mol. The summed E-state index contributed by atoms with van der Waals surface area (Å²) in [6.07, 6.45) is 5.10. The number of nitrogens with one attached hydrogen (secondary N) is 2. The molecule has 1 saturated carbocycles. The van der Waals surface area contributed by atoms with E-state index < -0.39 is 5.60 Å². The maximum atomic E-state index is 11.4. The number of ether oxygens (including phenoxy) is 1. The Hall–Kier alpha value is -0.770. The van der Waals surface area contributed by atoms with Crippen LogP contribution in [-0.2, 0) is 4.74 Å². The van der Waals surface area contributed by atoms with Crippen molar-refractivity contribution in [3.05, 3.63) is 0 Å². The Morgan fingerprint density at radius 3 is 2.61 bits per heavy atom. The van der Waals surface area contributed by atoms with E-state index in [0.29, 0.717) is 6.54 Å². The van der Waals surface area contributed by atoms with Crippen LogP contribution in [0.5, 0.6) is 0 Å². The first-order valence-corrected chi connectivity index (χ1v) is 7.07. The standard InChI is InChI=1S/C14H28N2O2/c1-11(15-9-5-6-12-7-8-12)10-16-13(17)18-14(2,3)4/h11-12,15H,5-10H2,1-4H3,(H,16,17). The minimum Gasteiger partial charge on any atom is -0.444 e. The molecule has 2 N–H and O–H groups in total. The molecule has 1 aliphatic carbocycles. The fourth-order valence-corrected chi connectivity index (χ4v) is 1.77. The van der Waals surface area contributed by atoms with Gasteiger partial charge in [0.25, 0.3) is 0 Å². The topological polar surface area (TPSA) is 50.4 Å². The number of carbonyl (C=O) groups is 1. The second-order valence-electron chi connectivity index (χ2n) is 6.32. The van der Waals surface area contributed by atoms with Gasteiger partial charge in [0.1, 0.15) is 5.60 Å². The molecule has 0 aromatic carbocycles. The van der Waals surface area contributed by atoms with Crippen LogP contribution in [0.3, 0.4) is 0 Å². The van der Waals surface area contributed by atoms with Gasteiger partial charge in [-0.25, -0.2) is 4.79 Å². The first kappa shape index (κ1) is 15.3. The molecule has 0 bridgehead atoms. The van der Waals surface area contributed by atoms with Gasteiger partial charge < -0.3 is 15.4 Å². The van der Waals surface area contributed by atoms with Gasteiger partial charge in [0.05, 0.1) is 0 Å². The molecule has 106 valence electrons. The predicted octanol–water partition coefficient (Wildman–Crippen LogP) is 2.68. The summed E-state index contributed by atoms with van der Waals surface area (Å²) >= 11 is 0. The van der Waals surface area contributed by atoms with Gasteiger partial charge in [0.2, 0.25) is 0 Å². The van der Waals surface area contributed by atoms with E-state index in [2.05, 4.69) is 17.6 Å². The minimum absolute atomic E-state index is 0.289. The molecule has 0 heterocycles. The molecule has 1 fully saturated rings. The average molecular weight is 256 g/mol. The molecular weight excluding hydrogens is 228 g/mol. The van der Waals surface area contributed by atoms with Gasteiger partial charge in [-0.3, -0.25) is 0 Å². The van der Waals surface area contributed by atoms with Gasteiger partial charge in [-0.15, -0.1) is 0 Å². The molecule has 1 unspecified atom stereocenters. The highest BCUT2D eigenvalue weighted by Gasteiger charge is 2.20. The smallest absolute Gasteiger partial charge is 0.407 e. The molecule has 4 nitrogen and oxygen atoms in total. The van der Waals surface area contributed by atoms with Gasteiger partial charge in [0, 0.05) is 12.6 Å². The van der Waals surface area contributed by atoms with Crippen molar-refractivity contribution in [2.45, 2.75) is 65.0 Å². The lowest BCUT2D eigenvalue weighted by molar-refractivity contribution is 0.0523. The number of hydrogen-bond donors (Lipinski definition) is 2. The Morgan fingerprint density at radius 1 is 1.39 bits per heavy atom. The summed E-state index contributed by atoms with van der Waals surface area (Å²) in [5.41, 5.74) is -0.426. The van der Waals surface area contributed by atoms with Gasteiger partial charge in [-0.05, 0) is 53.0 Å². The van der Waals surface area contributed by atoms with Crippen LogP contribution in [0.15, 0.2) is 0 Å². The largest absolute Gasteiger partial charge is 0.444 e. The lowest BCUT2D eigenvalue weighted by atomic mass is 10.2. The molecule has 1 atom stereocenters. The Balaban J connectivity index is 1.97. The summed E-state index contributed by atoms with van der Waals surface area (Å²) in [5, 5.41) is 6.19. The van der Waals surface area contributed by atoms with Crippen molar-refractivity contribution < 1.29 is 9.53 Å². The number of carbonyl (C=O) groups excluding carboxylic acids is 1. The van der Waals surface area contributed by atoms with E-state index in [1.165, 1.54) is 25.7 Å². The quantitative estimate of drug-likeness (QED) is 0.689. The zero-order valence-electron chi connectivity index (χ0n) is 12.2. The second-order valence-corrected chi connectivity index (χ2v) is 6.32. The van der Waals surface area contributed by atoms with Crippen molar-refractivity contribution in [3.63, 3.8) is 0 Å². The molecular formula is C14H28N2O2. The number of rotatable bonds is 7. The van der Waals surface area contributed by atoms with Crippen LogP contribution in [0.1, 0.15) is 53.4 Å². The number of amides is 1. The summed E-state index contributed by atoms with van der Waals surface area (Å²) in [5.74, 6) is 1.00. The Bertz CT molecular complexity index is 257. The summed E-state index contributed by atoms with van der Waals surface area (Å²) < 4.78 is 5.18. The van der Waals surface area contributed by atoms with E-state index in [4.69, 9.17) is 4.74 Å². The van der Waals surface area contributed by atoms with Crippen molar-refractivity contribution in [2.24, 2.45) is 5.92 Å². The Morgan fingerprint density at radius 2 is 2.06 bits per heavy atom. The third-order valence-corrected chi connectivity index (χ3v) is 2.93. The van der Waals surface area contributed by atoms with Crippen LogP contribution in [0.4, 0.5) is 4.79 Å². The van der Waals surface area contributed by atoms with Gasteiger partial charge in [0.15, 0.2) is 0 Å². The highest BCUT2D eigenvalue weighted by Crippen LogP contribution is 2.33. The van der Waals surface area contributed by atoms with E-state index in [9.17, 15) is 4.79 Å². The minimum atomic E-state index is -0.426. The highest BCUT2D eigenvalue weighted by molar-refractivity contribution is 5.67. The molecule has 1 amide bonds. The molecule has 0 radical (unpaired) electrons. The summed E-state index contributed by atoms with van der Waals surface area (Å²) in [6, 6.07) is 0.289. The molecule has 0 aromatic heterocycles. The van der Waals surface area contributed by atoms with Gasteiger partial charge in [-0.2, -0.15) is 0 Å². The molecule has 4 heteroatoms. The maximum Gasteiger partial charge on any atom is 0.407 e. The number of alkyl carbamates (subject to hydrolysis) is 1. The summed E-state index contributed by atoms with van der Waals surface area (Å²) in [4.78, 5) is 11.4. The zero-order chi connectivity index (χ0) is 13.6. The first-order valence-electron chi connectivity index (χ1n) is 7.07. The Kier molecular flexibility index (Phi) is 5.93. The molecule has 0 spiro atoms. The summed E-state index contributed by atoms with van der Waals surface area (Å²) in [6.45, 7) is 9.32. The highest BCUT2D eigenvalue weighted by atomic mass is 16.6. The van der Waals surface area contributed by atoms with Crippen LogP contribution >= 0.6 is 0 Å². The van der Waals surface area contributed by atoms with Crippen LogP contribution in [0, 0.1) is 5.92 Å². The SMILES string of the molecule is CC(CNC(=O)OC(C)(C)C)NCCCC1CC1. The van der Waals surface area contributed by atoms with E-state index in [0.717, 1.165) is 12.5 Å². The second kappa shape index (κ2) is 6.98. The van der Waals surface area contributed by atoms with Crippen LogP contribution in [-0.4, -0.2) is 30.8 Å². The molecule has 18 heavy (non-hydrogen) atoms. The van der Waals surface area contributed by atoms with Crippen molar-refractivity contribution in [3.8, 4) is 0 Å². The molecule has 0 saturated heterocycles. The number of hydrogen-bond acceptors (Lipinski definition) is 3. The molecule has 1 aliphatic rings. The summed E-state index contributed by atoms with van der Waals surface area (Å²) in [7, 11) is 0. The predicted molar refractivity (Wildman–Crippen MR) is 73.7 cm³/mol.